The second-order valence-corrected chi connectivity index (χ2v) is 7.39. The minimum Gasteiger partial charge on any atom is -0.389 e. The molecule has 4 atom stereocenters. The number of amides is 2. The van der Waals surface area contributed by atoms with Crippen molar-refractivity contribution in [2.45, 2.75) is 57.0 Å². The number of pyridine rings is 1. The van der Waals surface area contributed by atoms with Gasteiger partial charge in [-0.25, -0.2) is 0 Å². The summed E-state index contributed by atoms with van der Waals surface area (Å²) >= 11 is 0. The van der Waals surface area contributed by atoms with Crippen LogP contribution in [0.2, 0.25) is 0 Å². The van der Waals surface area contributed by atoms with Gasteiger partial charge in [0.25, 0.3) is 5.91 Å². The molecule has 2 aliphatic rings. The van der Waals surface area contributed by atoms with Gasteiger partial charge < -0.3 is 24.8 Å². The van der Waals surface area contributed by atoms with Crippen LogP contribution >= 0.6 is 0 Å². The van der Waals surface area contributed by atoms with E-state index < -0.39 is 6.10 Å². The molecule has 0 unspecified atom stereocenters. The largest absolute Gasteiger partial charge is 0.389 e. The minimum atomic E-state index is -0.751. The fraction of sp³-hybridized carbons (Fsp3) is 0.650. The third-order valence-corrected chi connectivity index (χ3v) is 5.14. The molecule has 154 valence electrons. The highest BCUT2D eigenvalue weighted by Gasteiger charge is 2.40. The number of fused-ring (bicyclic) bond motifs is 1. The summed E-state index contributed by atoms with van der Waals surface area (Å²) in [6.07, 6.45) is 4.45. The second kappa shape index (κ2) is 9.95. The van der Waals surface area contributed by atoms with Crippen LogP contribution in [0.25, 0.3) is 0 Å². The number of aliphatic hydroxyl groups is 1. The van der Waals surface area contributed by atoms with Crippen LogP contribution in [-0.2, 0) is 14.3 Å². The van der Waals surface area contributed by atoms with Gasteiger partial charge in [0, 0.05) is 25.5 Å². The second-order valence-electron chi connectivity index (χ2n) is 7.39. The quantitative estimate of drug-likeness (QED) is 0.768. The number of hydrogen-bond donors (Lipinski definition) is 2. The molecule has 2 saturated heterocycles. The lowest BCUT2D eigenvalue weighted by Gasteiger charge is -2.44. The van der Waals surface area contributed by atoms with Gasteiger partial charge in [-0.15, -0.1) is 0 Å². The molecule has 0 spiro atoms. The molecule has 28 heavy (non-hydrogen) atoms. The maximum Gasteiger partial charge on any atom is 0.255 e. The predicted molar refractivity (Wildman–Crippen MR) is 102 cm³/mol. The van der Waals surface area contributed by atoms with E-state index in [0.717, 1.165) is 6.42 Å². The SMILES string of the molecule is CCCNC(=O)C[C@H]1CC[C@H]2[C@@H](COC[C@@H](O)CN2C(=O)c2cccnc2)O1. The normalized spacial score (nSPS) is 28.0. The first-order valence-corrected chi connectivity index (χ1v) is 9.97. The Balaban J connectivity index is 1.70. The smallest absolute Gasteiger partial charge is 0.255 e. The van der Waals surface area contributed by atoms with Crippen LogP contribution in [0.5, 0.6) is 0 Å². The Morgan fingerprint density at radius 2 is 2.21 bits per heavy atom. The van der Waals surface area contributed by atoms with Crippen LogP contribution in [0.1, 0.15) is 43.0 Å². The lowest BCUT2D eigenvalue weighted by Crippen LogP contribution is -2.57. The molecule has 3 heterocycles. The topological polar surface area (TPSA) is 101 Å². The summed E-state index contributed by atoms with van der Waals surface area (Å²) < 4.78 is 11.7. The molecule has 8 nitrogen and oxygen atoms in total. The van der Waals surface area contributed by atoms with Crippen LogP contribution in [0.4, 0.5) is 0 Å². The average Bonchev–Trinajstić information content (AvgIpc) is 2.70. The molecule has 1 aromatic heterocycles. The van der Waals surface area contributed by atoms with Gasteiger partial charge in [-0.3, -0.25) is 14.6 Å². The van der Waals surface area contributed by atoms with Gasteiger partial charge in [-0.05, 0) is 31.4 Å². The lowest BCUT2D eigenvalue weighted by atomic mass is 9.94. The van der Waals surface area contributed by atoms with E-state index in [1.807, 2.05) is 6.92 Å². The molecule has 0 bridgehead atoms. The van der Waals surface area contributed by atoms with Crippen LogP contribution in [0, 0.1) is 0 Å². The number of carbonyl (C=O) groups is 2. The standard InChI is InChI=1S/C20H29N3O5/c1-2-7-22-19(25)9-16-5-6-17-18(28-16)13-27-12-15(24)11-23(17)20(26)14-4-3-8-21-10-14/h3-4,8,10,15-18,24H,2,5-7,9,11-13H2,1H3,(H,22,25)/t15-,16+,17-,18+/m0/s1. The summed E-state index contributed by atoms with van der Waals surface area (Å²) in [6, 6.07) is 3.23. The van der Waals surface area contributed by atoms with Gasteiger partial charge in [-0.2, -0.15) is 0 Å². The number of ether oxygens (including phenoxy) is 2. The summed E-state index contributed by atoms with van der Waals surface area (Å²) in [5, 5.41) is 13.1. The fourth-order valence-electron chi connectivity index (χ4n) is 3.77. The first-order chi connectivity index (χ1) is 13.6. The van der Waals surface area contributed by atoms with Crippen LogP contribution in [0.3, 0.4) is 0 Å². The van der Waals surface area contributed by atoms with E-state index in [9.17, 15) is 14.7 Å². The van der Waals surface area contributed by atoms with Gasteiger partial charge in [0.15, 0.2) is 0 Å². The van der Waals surface area contributed by atoms with E-state index >= 15 is 0 Å². The number of nitrogens with zero attached hydrogens (tertiary/aromatic N) is 2. The number of hydrogen-bond acceptors (Lipinski definition) is 6. The maximum absolute atomic E-state index is 13.1. The summed E-state index contributed by atoms with van der Waals surface area (Å²) in [5.74, 6) is -0.192. The van der Waals surface area contributed by atoms with E-state index in [4.69, 9.17) is 9.47 Å². The lowest BCUT2D eigenvalue weighted by molar-refractivity contribution is -0.150. The third kappa shape index (κ3) is 5.27. The maximum atomic E-state index is 13.1. The molecule has 3 rings (SSSR count). The summed E-state index contributed by atoms with van der Waals surface area (Å²) in [7, 11) is 0. The average molecular weight is 391 g/mol. The Hall–Kier alpha value is -2.03. The number of aromatic nitrogens is 1. The van der Waals surface area contributed by atoms with Crippen molar-refractivity contribution in [3.8, 4) is 0 Å². The molecular weight excluding hydrogens is 362 g/mol. The van der Waals surface area contributed by atoms with Gasteiger partial charge in [0.2, 0.25) is 5.91 Å². The van der Waals surface area contributed by atoms with E-state index in [1.165, 1.54) is 6.20 Å². The molecular formula is C20H29N3O5. The Kier molecular flexibility index (Phi) is 7.36. The first-order valence-electron chi connectivity index (χ1n) is 9.97. The van der Waals surface area contributed by atoms with E-state index in [2.05, 4.69) is 10.3 Å². The third-order valence-electron chi connectivity index (χ3n) is 5.14. The highest BCUT2D eigenvalue weighted by atomic mass is 16.5. The Morgan fingerprint density at radius 3 is 2.96 bits per heavy atom. The Labute approximate surface area is 165 Å². The summed E-state index contributed by atoms with van der Waals surface area (Å²) in [4.78, 5) is 30.8. The summed E-state index contributed by atoms with van der Waals surface area (Å²) in [5.41, 5.74) is 0.482. The predicted octanol–water partition coefficient (Wildman–Crippen LogP) is 0.747. The van der Waals surface area contributed by atoms with Crippen molar-refractivity contribution in [3.05, 3.63) is 30.1 Å². The molecule has 0 aliphatic carbocycles. The molecule has 0 saturated carbocycles. The first kappa shape index (κ1) is 20.7. The van der Waals surface area contributed by atoms with Gasteiger partial charge in [-0.1, -0.05) is 6.92 Å². The number of nitrogens with one attached hydrogen (secondary N) is 1. The number of rotatable bonds is 5. The minimum absolute atomic E-state index is 0.0178. The molecule has 0 aromatic carbocycles. The number of aliphatic hydroxyl groups excluding tert-OH is 1. The van der Waals surface area contributed by atoms with E-state index in [1.54, 1.807) is 23.2 Å². The zero-order valence-electron chi connectivity index (χ0n) is 16.3. The summed E-state index contributed by atoms with van der Waals surface area (Å²) in [6.45, 7) is 3.28. The van der Waals surface area contributed by atoms with Crippen molar-refractivity contribution < 1.29 is 24.2 Å². The fourth-order valence-corrected chi connectivity index (χ4v) is 3.77. The molecule has 8 heteroatoms. The van der Waals surface area contributed by atoms with Crippen LogP contribution in [-0.4, -0.2) is 77.5 Å². The monoisotopic (exact) mass is 391 g/mol. The van der Waals surface area contributed by atoms with Crippen molar-refractivity contribution >= 4 is 11.8 Å². The molecule has 2 N–H and O–H groups in total. The highest BCUT2D eigenvalue weighted by Crippen LogP contribution is 2.28. The van der Waals surface area contributed by atoms with Gasteiger partial charge in [0.05, 0.1) is 43.4 Å². The number of β-amino-alcohol motifs (C(OH)–C–C–N with tert-alkyl or cyclic N) is 1. The van der Waals surface area contributed by atoms with Gasteiger partial charge >= 0.3 is 0 Å². The van der Waals surface area contributed by atoms with Crippen molar-refractivity contribution in [1.29, 1.82) is 0 Å². The van der Waals surface area contributed by atoms with Gasteiger partial charge in [0.1, 0.15) is 6.10 Å². The Morgan fingerprint density at radius 1 is 1.36 bits per heavy atom. The zero-order chi connectivity index (χ0) is 19.9. The van der Waals surface area contributed by atoms with E-state index in [-0.39, 0.29) is 49.8 Å². The molecule has 0 radical (unpaired) electrons. The highest BCUT2D eigenvalue weighted by molar-refractivity contribution is 5.94. The zero-order valence-corrected chi connectivity index (χ0v) is 16.3. The molecule has 2 aliphatic heterocycles. The van der Waals surface area contributed by atoms with Crippen molar-refractivity contribution in [2.75, 3.05) is 26.3 Å². The molecule has 1 aromatic rings. The number of carbonyl (C=O) groups excluding carboxylic acids is 2. The molecule has 2 amide bonds. The Bertz CT molecular complexity index is 657. The van der Waals surface area contributed by atoms with E-state index in [0.29, 0.717) is 31.4 Å². The van der Waals surface area contributed by atoms with Crippen molar-refractivity contribution in [3.63, 3.8) is 0 Å². The van der Waals surface area contributed by atoms with Crippen LogP contribution < -0.4 is 5.32 Å². The molecule has 2 fully saturated rings. The van der Waals surface area contributed by atoms with Crippen LogP contribution in [0.15, 0.2) is 24.5 Å². The van der Waals surface area contributed by atoms with Crippen molar-refractivity contribution in [2.24, 2.45) is 0 Å². The van der Waals surface area contributed by atoms with Crippen molar-refractivity contribution in [1.82, 2.24) is 15.2 Å².